The summed E-state index contributed by atoms with van der Waals surface area (Å²) in [6.45, 7) is 8.34. The molecular weight excluding hydrogens is 276 g/mol. The summed E-state index contributed by atoms with van der Waals surface area (Å²) in [7, 11) is 0. The lowest BCUT2D eigenvalue weighted by molar-refractivity contribution is 0.0587. The summed E-state index contributed by atoms with van der Waals surface area (Å²) in [5, 5.41) is 12.8. The Morgan fingerprint density at radius 3 is 2.32 bits per heavy atom. The fourth-order valence-corrected chi connectivity index (χ4v) is 2.57. The predicted octanol–water partition coefficient (Wildman–Crippen LogP) is 2.81. The molecule has 0 bridgehead atoms. The van der Waals surface area contributed by atoms with Gasteiger partial charge in [-0.1, -0.05) is 20.8 Å². The van der Waals surface area contributed by atoms with E-state index in [2.05, 4.69) is 10.2 Å². The van der Waals surface area contributed by atoms with E-state index in [0.717, 1.165) is 13.1 Å². The highest BCUT2D eigenvalue weighted by Gasteiger charge is 2.22. The number of amides is 1. The first-order valence-electron chi connectivity index (χ1n) is 8.19. The molecule has 0 saturated carbocycles. The summed E-state index contributed by atoms with van der Waals surface area (Å²) in [6.07, 6.45) is 3.25. The van der Waals surface area contributed by atoms with Crippen LogP contribution >= 0.6 is 0 Å². The molecule has 2 rings (SSSR count). The van der Waals surface area contributed by atoms with Gasteiger partial charge >= 0.3 is 0 Å². The maximum atomic E-state index is 12.1. The van der Waals surface area contributed by atoms with Gasteiger partial charge in [-0.2, -0.15) is 0 Å². The van der Waals surface area contributed by atoms with Crippen LogP contribution in [0.1, 0.15) is 50.4 Å². The van der Waals surface area contributed by atoms with E-state index >= 15 is 0 Å². The lowest BCUT2D eigenvalue weighted by Crippen LogP contribution is -2.39. The molecule has 1 aromatic rings. The van der Waals surface area contributed by atoms with Gasteiger partial charge in [-0.3, -0.25) is 4.79 Å². The third kappa shape index (κ3) is 4.47. The van der Waals surface area contributed by atoms with E-state index in [0.29, 0.717) is 5.56 Å². The fraction of sp³-hybridized carbons (Fsp3) is 0.611. The summed E-state index contributed by atoms with van der Waals surface area (Å²) >= 11 is 0. The Labute approximate surface area is 133 Å². The Bertz CT molecular complexity index is 485. The number of nitrogens with zero attached hydrogens (tertiary/aromatic N) is 1. The number of piperidine rings is 1. The smallest absolute Gasteiger partial charge is 0.251 e. The van der Waals surface area contributed by atoms with Gasteiger partial charge in [-0.15, -0.1) is 0 Å². The van der Waals surface area contributed by atoms with Gasteiger partial charge in [0.1, 0.15) is 0 Å². The number of hydrogen-bond donors (Lipinski definition) is 2. The number of hydrogen-bond acceptors (Lipinski definition) is 3. The molecule has 1 heterocycles. The second-order valence-corrected chi connectivity index (χ2v) is 7.19. The van der Waals surface area contributed by atoms with E-state index in [-0.39, 0.29) is 17.9 Å². The lowest BCUT2D eigenvalue weighted by atomic mass is 9.89. The third-order valence-electron chi connectivity index (χ3n) is 4.31. The lowest BCUT2D eigenvalue weighted by Gasteiger charge is -2.29. The summed E-state index contributed by atoms with van der Waals surface area (Å²) < 4.78 is 0. The standard InChI is InChI=1S/C18H28N2O2/c1-18(2,3)16(21)13-19-17(22)14-7-9-15(10-8-14)20-11-5-4-6-12-20/h7-10,16,21H,4-6,11-13H2,1-3H3,(H,19,22). The molecule has 1 aliphatic rings. The van der Waals surface area contributed by atoms with Crippen molar-refractivity contribution in [3.05, 3.63) is 29.8 Å². The third-order valence-corrected chi connectivity index (χ3v) is 4.31. The van der Waals surface area contributed by atoms with Crippen LogP contribution in [0.3, 0.4) is 0 Å². The topological polar surface area (TPSA) is 52.6 Å². The number of aliphatic hydroxyl groups excluding tert-OH is 1. The van der Waals surface area contributed by atoms with E-state index in [1.165, 1.54) is 24.9 Å². The number of benzene rings is 1. The average Bonchev–Trinajstić information content (AvgIpc) is 2.52. The highest BCUT2D eigenvalue weighted by molar-refractivity contribution is 5.94. The predicted molar refractivity (Wildman–Crippen MR) is 90.3 cm³/mol. The van der Waals surface area contributed by atoms with E-state index in [1.54, 1.807) is 0 Å². The summed E-state index contributed by atoms with van der Waals surface area (Å²) in [5.41, 5.74) is 1.60. The molecule has 1 atom stereocenters. The number of nitrogens with one attached hydrogen (secondary N) is 1. The Hall–Kier alpha value is -1.55. The van der Waals surface area contributed by atoms with Crippen molar-refractivity contribution >= 4 is 11.6 Å². The monoisotopic (exact) mass is 304 g/mol. The van der Waals surface area contributed by atoms with Crippen molar-refractivity contribution in [2.45, 2.75) is 46.1 Å². The molecule has 0 aromatic heterocycles. The molecule has 2 N–H and O–H groups in total. The molecule has 1 amide bonds. The van der Waals surface area contributed by atoms with Crippen molar-refractivity contribution in [1.82, 2.24) is 5.32 Å². The van der Waals surface area contributed by atoms with Crippen LogP contribution in [0.2, 0.25) is 0 Å². The molecule has 22 heavy (non-hydrogen) atoms. The van der Waals surface area contributed by atoms with Crippen molar-refractivity contribution < 1.29 is 9.90 Å². The number of carbonyl (C=O) groups is 1. The Balaban J connectivity index is 1.90. The molecular formula is C18H28N2O2. The van der Waals surface area contributed by atoms with Gasteiger partial charge in [0.2, 0.25) is 0 Å². The molecule has 4 nitrogen and oxygen atoms in total. The Morgan fingerprint density at radius 1 is 1.18 bits per heavy atom. The van der Waals surface area contributed by atoms with Crippen LogP contribution < -0.4 is 10.2 Å². The molecule has 1 saturated heterocycles. The number of aliphatic hydroxyl groups is 1. The van der Waals surface area contributed by atoms with Crippen LogP contribution in [-0.2, 0) is 0 Å². The quantitative estimate of drug-likeness (QED) is 0.899. The first-order valence-corrected chi connectivity index (χ1v) is 8.19. The molecule has 1 aliphatic heterocycles. The van der Waals surface area contributed by atoms with Gasteiger partial charge in [0.15, 0.2) is 0 Å². The summed E-state index contributed by atoms with van der Waals surface area (Å²) in [4.78, 5) is 14.5. The maximum Gasteiger partial charge on any atom is 0.251 e. The van der Waals surface area contributed by atoms with Crippen molar-refractivity contribution in [3.8, 4) is 0 Å². The van der Waals surface area contributed by atoms with Crippen molar-refractivity contribution in [3.63, 3.8) is 0 Å². The van der Waals surface area contributed by atoms with E-state index in [1.807, 2.05) is 45.0 Å². The van der Waals surface area contributed by atoms with Crippen LogP contribution in [-0.4, -0.2) is 36.8 Å². The van der Waals surface area contributed by atoms with E-state index < -0.39 is 6.10 Å². The minimum atomic E-state index is -0.552. The van der Waals surface area contributed by atoms with Crippen LogP contribution in [0.15, 0.2) is 24.3 Å². The highest BCUT2D eigenvalue weighted by Crippen LogP contribution is 2.21. The zero-order valence-electron chi connectivity index (χ0n) is 13.9. The fourth-order valence-electron chi connectivity index (χ4n) is 2.57. The zero-order valence-corrected chi connectivity index (χ0v) is 13.9. The van der Waals surface area contributed by atoms with Crippen LogP contribution in [0.5, 0.6) is 0 Å². The number of rotatable bonds is 4. The van der Waals surface area contributed by atoms with Gasteiger partial charge in [0.25, 0.3) is 5.91 Å². The SMILES string of the molecule is CC(C)(C)C(O)CNC(=O)c1ccc(N2CCCCC2)cc1. The van der Waals surface area contributed by atoms with Crippen molar-refractivity contribution in [2.24, 2.45) is 5.41 Å². The first-order chi connectivity index (χ1) is 10.4. The van der Waals surface area contributed by atoms with Crippen LogP contribution in [0.4, 0.5) is 5.69 Å². The molecule has 1 fully saturated rings. The second-order valence-electron chi connectivity index (χ2n) is 7.19. The summed E-state index contributed by atoms with van der Waals surface area (Å²) in [6, 6.07) is 7.76. The highest BCUT2D eigenvalue weighted by atomic mass is 16.3. The number of anilines is 1. The molecule has 0 radical (unpaired) electrons. The van der Waals surface area contributed by atoms with E-state index in [9.17, 15) is 9.90 Å². The molecule has 0 spiro atoms. The zero-order chi connectivity index (χ0) is 16.2. The second kappa shape index (κ2) is 7.14. The molecule has 122 valence electrons. The molecule has 0 aliphatic carbocycles. The first kappa shape index (κ1) is 16.8. The normalized spacial score (nSPS) is 17.2. The van der Waals surface area contributed by atoms with Gasteiger partial charge in [-0.25, -0.2) is 0 Å². The average molecular weight is 304 g/mol. The van der Waals surface area contributed by atoms with Gasteiger partial charge in [-0.05, 0) is 48.9 Å². The Morgan fingerprint density at radius 2 is 1.77 bits per heavy atom. The largest absolute Gasteiger partial charge is 0.391 e. The minimum absolute atomic E-state index is 0.131. The molecule has 4 heteroatoms. The van der Waals surface area contributed by atoms with E-state index in [4.69, 9.17) is 0 Å². The van der Waals surface area contributed by atoms with Crippen molar-refractivity contribution in [2.75, 3.05) is 24.5 Å². The maximum absolute atomic E-state index is 12.1. The summed E-state index contributed by atoms with van der Waals surface area (Å²) in [5.74, 6) is -0.131. The van der Waals surface area contributed by atoms with Gasteiger partial charge < -0.3 is 15.3 Å². The molecule has 1 aromatic carbocycles. The van der Waals surface area contributed by atoms with Crippen LogP contribution in [0, 0.1) is 5.41 Å². The number of carbonyl (C=O) groups excluding carboxylic acids is 1. The van der Waals surface area contributed by atoms with Crippen LogP contribution in [0.25, 0.3) is 0 Å². The van der Waals surface area contributed by atoms with Gasteiger partial charge in [0.05, 0.1) is 6.10 Å². The Kier molecular flexibility index (Phi) is 5.46. The van der Waals surface area contributed by atoms with Gasteiger partial charge in [0, 0.05) is 30.9 Å². The molecule has 1 unspecified atom stereocenters. The van der Waals surface area contributed by atoms with Crippen molar-refractivity contribution in [1.29, 1.82) is 0 Å². The minimum Gasteiger partial charge on any atom is -0.391 e.